The van der Waals surface area contributed by atoms with Crippen molar-refractivity contribution < 1.29 is 22.7 Å². The molecule has 8 heteroatoms. The molecule has 2 N–H and O–H groups in total. The molecular weight excluding hydrogens is 260 g/mol. The topological polar surface area (TPSA) is 102 Å². The second kappa shape index (κ2) is 6.01. The fourth-order valence-corrected chi connectivity index (χ4v) is 2.07. The molecule has 0 saturated carbocycles. The highest BCUT2D eigenvalue weighted by Gasteiger charge is 2.17. The van der Waals surface area contributed by atoms with Crippen LogP contribution in [-0.4, -0.2) is 34.1 Å². The van der Waals surface area contributed by atoms with Crippen LogP contribution in [0.3, 0.4) is 0 Å². The number of carbonyl (C=O) groups is 2. The van der Waals surface area contributed by atoms with E-state index < -0.39 is 28.6 Å². The van der Waals surface area contributed by atoms with Gasteiger partial charge in [0.25, 0.3) is 15.9 Å². The lowest BCUT2D eigenvalue weighted by Gasteiger charge is -2.07. The molecule has 1 rings (SSSR count). The maximum Gasteiger partial charge on any atom is 0.407 e. The molecule has 18 heavy (non-hydrogen) atoms. The van der Waals surface area contributed by atoms with Gasteiger partial charge in [0.05, 0.1) is 12.0 Å². The number of amides is 2. The van der Waals surface area contributed by atoms with Crippen molar-refractivity contribution >= 4 is 22.0 Å². The molecule has 1 aromatic rings. The number of sulfonamides is 1. The van der Waals surface area contributed by atoms with Gasteiger partial charge in [-0.3, -0.25) is 4.79 Å². The molecule has 7 nitrogen and oxygen atoms in total. The maximum atomic E-state index is 11.7. The highest BCUT2D eigenvalue weighted by atomic mass is 32.2. The van der Waals surface area contributed by atoms with Crippen molar-refractivity contribution in [1.82, 2.24) is 10.0 Å². The summed E-state index contributed by atoms with van der Waals surface area (Å²) in [6.45, 7) is -0.487. The van der Waals surface area contributed by atoms with E-state index >= 15 is 0 Å². The summed E-state index contributed by atoms with van der Waals surface area (Å²) >= 11 is 0. The summed E-state index contributed by atoms with van der Waals surface area (Å²) in [4.78, 5) is 21.9. The van der Waals surface area contributed by atoms with Gasteiger partial charge in [-0.05, 0) is 12.1 Å². The molecule has 98 valence electrons. The van der Waals surface area contributed by atoms with Gasteiger partial charge in [0.1, 0.15) is 6.54 Å². The third-order valence-electron chi connectivity index (χ3n) is 1.88. The molecule has 0 fully saturated rings. The molecule has 0 heterocycles. The van der Waals surface area contributed by atoms with Crippen molar-refractivity contribution in [2.24, 2.45) is 0 Å². The molecule has 0 bridgehead atoms. The van der Waals surface area contributed by atoms with Crippen LogP contribution in [0.1, 0.15) is 0 Å². The van der Waals surface area contributed by atoms with Crippen LogP contribution in [0, 0.1) is 0 Å². The molecule has 0 unspecified atom stereocenters. The number of methoxy groups -OCH3 is 1. The standard InChI is InChI=1S/C10H12N2O5S/c1-17-10(14)11-7-9(13)12-18(15,16)8-5-3-2-4-6-8/h2-6H,7H2,1H3,(H,11,14)(H,12,13). The van der Waals surface area contributed by atoms with E-state index in [2.05, 4.69) is 10.1 Å². The van der Waals surface area contributed by atoms with Crippen LogP contribution in [0.2, 0.25) is 0 Å². The SMILES string of the molecule is COC(=O)NCC(=O)NS(=O)(=O)c1ccccc1. The second-order valence-electron chi connectivity index (χ2n) is 3.19. The van der Waals surface area contributed by atoms with Crippen molar-refractivity contribution in [2.45, 2.75) is 4.90 Å². The van der Waals surface area contributed by atoms with E-state index in [1.54, 1.807) is 6.07 Å². The molecule has 0 aliphatic carbocycles. The number of ether oxygens (including phenoxy) is 1. The molecule has 0 aromatic heterocycles. The predicted molar refractivity (Wildman–Crippen MR) is 62.2 cm³/mol. The Hall–Kier alpha value is -2.09. The first-order valence-corrected chi connectivity index (χ1v) is 6.36. The van der Waals surface area contributed by atoms with Crippen molar-refractivity contribution in [1.29, 1.82) is 0 Å². The Balaban J connectivity index is 2.62. The Morgan fingerprint density at radius 1 is 1.22 bits per heavy atom. The zero-order valence-corrected chi connectivity index (χ0v) is 10.4. The number of alkyl carbamates (subject to hydrolysis) is 1. The minimum atomic E-state index is -3.91. The zero-order chi connectivity index (χ0) is 13.6. The van der Waals surface area contributed by atoms with E-state index in [1.165, 1.54) is 24.3 Å². The fraction of sp³-hybridized carbons (Fsp3) is 0.200. The van der Waals surface area contributed by atoms with Gasteiger partial charge in [0, 0.05) is 0 Å². The highest BCUT2D eigenvalue weighted by Crippen LogP contribution is 2.06. The molecule has 0 aliphatic heterocycles. The number of hydrogen-bond donors (Lipinski definition) is 2. The van der Waals surface area contributed by atoms with E-state index in [-0.39, 0.29) is 4.90 Å². The van der Waals surface area contributed by atoms with Gasteiger partial charge < -0.3 is 10.1 Å². The normalized spacial score (nSPS) is 10.5. The summed E-state index contributed by atoms with van der Waals surface area (Å²) in [5.74, 6) is -0.857. The number of rotatable bonds is 4. The molecule has 0 radical (unpaired) electrons. The summed E-state index contributed by atoms with van der Waals surface area (Å²) in [7, 11) is -2.77. The monoisotopic (exact) mass is 272 g/mol. The third-order valence-corrected chi connectivity index (χ3v) is 3.27. The average molecular weight is 272 g/mol. The van der Waals surface area contributed by atoms with Gasteiger partial charge in [-0.1, -0.05) is 18.2 Å². The Bertz CT molecular complexity index is 526. The van der Waals surface area contributed by atoms with Gasteiger partial charge in [-0.2, -0.15) is 0 Å². The van der Waals surface area contributed by atoms with Gasteiger partial charge in [0.2, 0.25) is 0 Å². The smallest absolute Gasteiger partial charge is 0.407 e. The van der Waals surface area contributed by atoms with E-state index in [0.29, 0.717) is 0 Å². The molecule has 0 atom stereocenters. The summed E-state index contributed by atoms with van der Waals surface area (Å²) < 4.78 is 29.4. The predicted octanol–water partition coefficient (Wildman–Crippen LogP) is -0.152. The van der Waals surface area contributed by atoms with E-state index in [4.69, 9.17) is 0 Å². The van der Waals surface area contributed by atoms with Crippen molar-refractivity contribution in [3.8, 4) is 0 Å². The fourth-order valence-electron chi connectivity index (χ4n) is 1.07. The van der Waals surface area contributed by atoms with E-state index in [1.807, 2.05) is 4.72 Å². The van der Waals surface area contributed by atoms with Crippen molar-refractivity contribution in [2.75, 3.05) is 13.7 Å². The summed E-state index contributed by atoms with van der Waals surface area (Å²) in [6, 6.07) is 7.42. The van der Waals surface area contributed by atoms with Gasteiger partial charge >= 0.3 is 6.09 Å². The first-order chi connectivity index (χ1) is 8.45. The Morgan fingerprint density at radius 3 is 2.39 bits per heavy atom. The Morgan fingerprint density at radius 2 is 1.83 bits per heavy atom. The molecule has 0 saturated heterocycles. The van der Waals surface area contributed by atoms with E-state index in [9.17, 15) is 18.0 Å². The van der Waals surface area contributed by atoms with Gasteiger partial charge in [0.15, 0.2) is 0 Å². The van der Waals surface area contributed by atoms with Crippen molar-refractivity contribution in [3.63, 3.8) is 0 Å². The van der Waals surface area contributed by atoms with Gasteiger partial charge in [-0.25, -0.2) is 17.9 Å². The molecule has 2 amide bonds. The molecule has 0 aliphatic rings. The van der Waals surface area contributed by atoms with Gasteiger partial charge in [-0.15, -0.1) is 0 Å². The molecular formula is C10H12N2O5S. The zero-order valence-electron chi connectivity index (χ0n) is 9.54. The van der Waals surface area contributed by atoms with Crippen LogP contribution in [-0.2, 0) is 19.6 Å². The Kier molecular flexibility index (Phi) is 4.67. The molecule has 1 aromatic carbocycles. The van der Waals surface area contributed by atoms with Crippen LogP contribution in [0.4, 0.5) is 4.79 Å². The first-order valence-electron chi connectivity index (χ1n) is 4.88. The van der Waals surface area contributed by atoms with Crippen molar-refractivity contribution in [3.05, 3.63) is 30.3 Å². The lowest BCUT2D eigenvalue weighted by Crippen LogP contribution is -2.39. The minimum absolute atomic E-state index is 0.0311. The number of benzene rings is 1. The average Bonchev–Trinajstić information content (AvgIpc) is 2.36. The number of hydrogen-bond acceptors (Lipinski definition) is 5. The van der Waals surface area contributed by atoms with E-state index in [0.717, 1.165) is 7.11 Å². The highest BCUT2D eigenvalue weighted by molar-refractivity contribution is 7.90. The quantitative estimate of drug-likeness (QED) is 0.793. The Labute approximate surface area is 104 Å². The third kappa shape index (κ3) is 4.06. The first kappa shape index (κ1) is 14.0. The van der Waals surface area contributed by atoms with Crippen LogP contribution in [0.25, 0.3) is 0 Å². The summed E-state index contributed by atoms with van der Waals surface area (Å²) in [5.41, 5.74) is 0. The summed E-state index contributed by atoms with van der Waals surface area (Å²) in [6.07, 6.45) is -0.817. The molecule has 0 spiro atoms. The van der Waals surface area contributed by atoms with Crippen LogP contribution >= 0.6 is 0 Å². The lowest BCUT2D eigenvalue weighted by molar-refractivity contribution is -0.118. The second-order valence-corrected chi connectivity index (χ2v) is 4.87. The summed E-state index contributed by atoms with van der Waals surface area (Å²) in [5, 5.41) is 2.07. The number of carbonyl (C=O) groups excluding carboxylic acids is 2. The maximum absolute atomic E-state index is 11.7. The lowest BCUT2D eigenvalue weighted by atomic mass is 10.4. The largest absolute Gasteiger partial charge is 0.453 e. The van der Waals surface area contributed by atoms with Crippen LogP contribution in [0.15, 0.2) is 35.2 Å². The number of nitrogens with one attached hydrogen (secondary N) is 2. The minimum Gasteiger partial charge on any atom is -0.453 e. The van der Waals surface area contributed by atoms with Crippen LogP contribution in [0.5, 0.6) is 0 Å². The van der Waals surface area contributed by atoms with Crippen LogP contribution < -0.4 is 10.0 Å².